The molecule has 0 spiro atoms. The van der Waals surface area contributed by atoms with Crippen molar-refractivity contribution in [2.75, 3.05) is 13.2 Å². The predicted molar refractivity (Wildman–Crippen MR) is 95.9 cm³/mol. The van der Waals surface area contributed by atoms with Crippen molar-refractivity contribution in [1.29, 1.82) is 0 Å². The van der Waals surface area contributed by atoms with Gasteiger partial charge in [0.25, 0.3) is 0 Å². The fourth-order valence-electron chi connectivity index (χ4n) is 3.32. The van der Waals surface area contributed by atoms with Gasteiger partial charge < -0.3 is 10.2 Å². The summed E-state index contributed by atoms with van der Waals surface area (Å²) in [6.07, 6.45) is 0. The highest BCUT2D eigenvalue weighted by molar-refractivity contribution is 9.10. The Balaban J connectivity index is 2.04. The summed E-state index contributed by atoms with van der Waals surface area (Å²) in [6, 6.07) is 13.2. The van der Waals surface area contributed by atoms with Crippen LogP contribution in [0.3, 0.4) is 0 Å². The van der Waals surface area contributed by atoms with Gasteiger partial charge in [-0.3, -0.25) is 0 Å². The summed E-state index contributed by atoms with van der Waals surface area (Å²) in [5, 5.41) is 19.2. The molecule has 0 radical (unpaired) electrons. The Morgan fingerprint density at radius 2 is 1.54 bits per heavy atom. The molecule has 2 aromatic rings. The van der Waals surface area contributed by atoms with E-state index in [4.69, 9.17) is 11.6 Å². The zero-order chi connectivity index (χ0) is 17.5. The molecule has 3 rings (SSSR count). The molecule has 0 amide bonds. The molecule has 24 heavy (non-hydrogen) atoms. The Labute approximate surface area is 154 Å². The average Bonchev–Trinajstić information content (AvgIpc) is 3.26. The van der Waals surface area contributed by atoms with E-state index >= 15 is 0 Å². The molecule has 0 heterocycles. The summed E-state index contributed by atoms with van der Waals surface area (Å²) >= 11 is 9.17. The molecule has 1 aliphatic carbocycles. The van der Waals surface area contributed by atoms with Gasteiger partial charge in [-0.15, -0.1) is 0 Å². The summed E-state index contributed by atoms with van der Waals surface area (Å²) in [5.41, 5.74) is -0.296. The Kier molecular flexibility index (Phi) is 4.79. The van der Waals surface area contributed by atoms with Gasteiger partial charge in [0.2, 0.25) is 0 Å². The molecule has 0 saturated heterocycles. The Bertz CT molecular complexity index is 830. The summed E-state index contributed by atoms with van der Waals surface area (Å²) < 4.78 is 26.9. The molecule has 0 bridgehead atoms. The van der Waals surface area contributed by atoms with E-state index in [1.165, 1.54) is 24.3 Å². The zero-order valence-electron chi connectivity index (χ0n) is 12.6. The van der Waals surface area contributed by atoms with Crippen LogP contribution in [0.25, 0.3) is 0 Å². The standard InChI is InChI=1S/C17H16BrClO4S/c18-12-3-1-11(2-4-12)15-16(17(15,9-20)10-21)24(22,23)14-7-5-13(19)6-8-14/h1-8,15-16,20-21H,9-10H2/t15-,16-/m0/s1. The first-order valence-corrected chi connectivity index (χ1v) is 10.1. The van der Waals surface area contributed by atoms with Gasteiger partial charge in [-0.25, -0.2) is 8.42 Å². The number of aliphatic hydroxyl groups is 2. The smallest absolute Gasteiger partial charge is 0.182 e. The monoisotopic (exact) mass is 430 g/mol. The van der Waals surface area contributed by atoms with Gasteiger partial charge in [-0.2, -0.15) is 0 Å². The van der Waals surface area contributed by atoms with Crippen molar-refractivity contribution in [1.82, 2.24) is 0 Å². The highest BCUT2D eigenvalue weighted by Gasteiger charge is 2.70. The second-order valence-electron chi connectivity index (χ2n) is 6.00. The number of sulfone groups is 1. The molecule has 2 N–H and O–H groups in total. The molecule has 128 valence electrons. The summed E-state index contributed by atoms with van der Waals surface area (Å²) in [5.74, 6) is -0.457. The maximum Gasteiger partial charge on any atom is 0.182 e. The van der Waals surface area contributed by atoms with Crippen LogP contribution in [0.4, 0.5) is 0 Å². The van der Waals surface area contributed by atoms with Gasteiger partial charge in [-0.1, -0.05) is 39.7 Å². The normalized spacial score (nSPS) is 22.3. The number of hydrogen-bond donors (Lipinski definition) is 2. The van der Waals surface area contributed by atoms with Crippen molar-refractivity contribution in [2.24, 2.45) is 5.41 Å². The first-order chi connectivity index (χ1) is 11.4. The fourth-order valence-corrected chi connectivity index (χ4v) is 6.14. The highest BCUT2D eigenvalue weighted by atomic mass is 79.9. The molecule has 4 nitrogen and oxygen atoms in total. The van der Waals surface area contributed by atoms with E-state index in [0.29, 0.717) is 5.02 Å². The SMILES string of the molecule is O=S(=O)(c1ccc(Cl)cc1)[C@H]1[C@H](c2ccc(Br)cc2)C1(CO)CO. The largest absolute Gasteiger partial charge is 0.396 e. The molecule has 1 fully saturated rings. The van der Waals surface area contributed by atoms with E-state index in [0.717, 1.165) is 10.0 Å². The van der Waals surface area contributed by atoms with Gasteiger partial charge in [0.1, 0.15) is 0 Å². The van der Waals surface area contributed by atoms with Crippen molar-refractivity contribution in [2.45, 2.75) is 16.1 Å². The van der Waals surface area contributed by atoms with Crippen LogP contribution in [0.15, 0.2) is 57.9 Å². The third-order valence-electron chi connectivity index (χ3n) is 4.67. The van der Waals surface area contributed by atoms with E-state index in [2.05, 4.69) is 15.9 Å². The van der Waals surface area contributed by atoms with E-state index in [1.54, 1.807) is 0 Å². The van der Waals surface area contributed by atoms with E-state index in [-0.39, 0.29) is 4.90 Å². The second kappa shape index (κ2) is 6.42. The molecule has 7 heteroatoms. The topological polar surface area (TPSA) is 74.6 Å². The lowest BCUT2D eigenvalue weighted by molar-refractivity contribution is 0.130. The molecule has 2 atom stereocenters. The third-order valence-corrected chi connectivity index (χ3v) is 7.79. The minimum absolute atomic E-state index is 0.141. The van der Waals surface area contributed by atoms with Crippen LogP contribution in [0.2, 0.25) is 5.02 Å². The van der Waals surface area contributed by atoms with Gasteiger partial charge in [0, 0.05) is 20.8 Å². The Morgan fingerprint density at radius 3 is 2.04 bits per heavy atom. The molecule has 1 aliphatic rings. The molecule has 0 unspecified atom stereocenters. The Hall–Kier alpha value is -0.920. The van der Waals surface area contributed by atoms with Crippen molar-refractivity contribution in [3.05, 3.63) is 63.6 Å². The molecular formula is C17H16BrClO4S. The third kappa shape index (κ3) is 2.80. The van der Waals surface area contributed by atoms with E-state index < -0.39 is 39.6 Å². The first kappa shape index (κ1) is 17.9. The van der Waals surface area contributed by atoms with Crippen LogP contribution in [-0.2, 0) is 9.84 Å². The van der Waals surface area contributed by atoms with Crippen LogP contribution < -0.4 is 0 Å². The van der Waals surface area contributed by atoms with Crippen molar-refractivity contribution < 1.29 is 18.6 Å². The van der Waals surface area contributed by atoms with Crippen LogP contribution in [0, 0.1) is 5.41 Å². The number of rotatable bonds is 5. The van der Waals surface area contributed by atoms with Crippen LogP contribution in [0.1, 0.15) is 11.5 Å². The number of halogens is 2. The molecule has 0 aliphatic heterocycles. The minimum Gasteiger partial charge on any atom is -0.396 e. The van der Waals surface area contributed by atoms with Gasteiger partial charge >= 0.3 is 0 Å². The van der Waals surface area contributed by atoms with E-state index in [9.17, 15) is 18.6 Å². The van der Waals surface area contributed by atoms with Crippen LogP contribution >= 0.6 is 27.5 Å². The number of hydrogen-bond acceptors (Lipinski definition) is 4. The molecular weight excluding hydrogens is 416 g/mol. The van der Waals surface area contributed by atoms with Crippen molar-refractivity contribution in [3.63, 3.8) is 0 Å². The Morgan fingerprint density at radius 1 is 1.00 bits per heavy atom. The average molecular weight is 432 g/mol. The zero-order valence-corrected chi connectivity index (χ0v) is 15.7. The van der Waals surface area contributed by atoms with Crippen molar-refractivity contribution in [3.8, 4) is 0 Å². The molecule has 0 aromatic heterocycles. The summed E-state index contributed by atoms with van der Waals surface area (Å²) in [4.78, 5) is 0.141. The van der Waals surface area contributed by atoms with Gasteiger partial charge in [-0.05, 0) is 42.0 Å². The highest BCUT2D eigenvalue weighted by Crippen LogP contribution is 2.63. The lowest BCUT2D eigenvalue weighted by atomic mass is 10.0. The van der Waals surface area contributed by atoms with E-state index in [1.807, 2.05) is 24.3 Å². The fraction of sp³-hybridized carbons (Fsp3) is 0.294. The summed E-state index contributed by atoms with van der Waals surface area (Å²) in [7, 11) is -3.71. The van der Waals surface area contributed by atoms with Gasteiger partial charge in [0.05, 0.1) is 23.4 Å². The predicted octanol–water partition coefficient (Wildman–Crippen LogP) is 3.01. The number of benzene rings is 2. The van der Waals surface area contributed by atoms with Crippen molar-refractivity contribution >= 4 is 37.4 Å². The summed E-state index contributed by atoms with van der Waals surface area (Å²) in [6.45, 7) is -0.802. The second-order valence-corrected chi connectivity index (χ2v) is 9.42. The first-order valence-electron chi connectivity index (χ1n) is 7.33. The van der Waals surface area contributed by atoms with Gasteiger partial charge in [0.15, 0.2) is 9.84 Å². The lowest BCUT2D eigenvalue weighted by Crippen LogP contribution is -2.23. The molecule has 2 aromatic carbocycles. The number of aliphatic hydroxyl groups excluding tert-OH is 2. The lowest BCUT2D eigenvalue weighted by Gasteiger charge is -2.11. The van der Waals surface area contributed by atoms with Crippen LogP contribution in [0.5, 0.6) is 0 Å². The van der Waals surface area contributed by atoms with Crippen LogP contribution in [-0.4, -0.2) is 37.1 Å². The maximum absolute atomic E-state index is 13.0. The quantitative estimate of drug-likeness (QED) is 0.763. The maximum atomic E-state index is 13.0. The molecule has 1 saturated carbocycles. The minimum atomic E-state index is -3.71.